The van der Waals surface area contributed by atoms with Gasteiger partial charge in [-0.3, -0.25) is 4.79 Å². The molecule has 0 fully saturated rings. The molecule has 1 aliphatic heterocycles. The number of halogens is 1. The summed E-state index contributed by atoms with van der Waals surface area (Å²) in [6, 6.07) is 5.42. The molecule has 0 aliphatic carbocycles. The van der Waals surface area contributed by atoms with E-state index < -0.39 is 0 Å². The number of hydrogen-bond acceptors (Lipinski definition) is 2. The average molecular weight is 222 g/mol. The van der Waals surface area contributed by atoms with E-state index in [0.29, 0.717) is 10.6 Å². The Morgan fingerprint density at radius 3 is 2.80 bits per heavy atom. The highest BCUT2D eigenvalue weighted by molar-refractivity contribution is 6.33. The first-order valence-corrected chi connectivity index (χ1v) is 5.34. The number of carbonyl (C=O) groups is 1. The van der Waals surface area contributed by atoms with Crippen molar-refractivity contribution >= 4 is 23.6 Å². The topological polar surface area (TPSA) is 20.3 Å². The summed E-state index contributed by atoms with van der Waals surface area (Å²) in [4.78, 5) is 12.8. The summed E-state index contributed by atoms with van der Waals surface area (Å²) in [6.45, 7) is 1.87. The number of aldehydes is 1. The van der Waals surface area contributed by atoms with Crippen molar-refractivity contribution in [1.82, 2.24) is 0 Å². The van der Waals surface area contributed by atoms with Gasteiger partial charge in [0.05, 0.1) is 10.7 Å². The Morgan fingerprint density at radius 2 is 2.20 bits per heavy atom. The molecule has 3 heteroatoms. The van der Waals surface area contributed by atoms with Crippen LogP contribution in [0.4, 0.5) is 5.69 Å². The van der Waals surface area contributed by atoms with E-state index in [0.717, 1.165) is 31.5 Å². The van der Waals surface area contributed by atoms with Gasteiger partial charge in [-0.25, -0.2) is 0 Å². The third kappa shape index (κ3) is 2.21. The van der Waals surface area contributed by atoms with Gasteiger partial charge in [-0.15, -0.1) is 0 Å². The van der Waals surface area contributed by atoms with E-state index in [-0.39, 0.29) is 0 Å². The third-order valence-corrected chi connectivity index (χ3v) is 2.81. The van der Waals surface area contributed by atoms with Crippen LogP contribution in [0.5, 0.6) is 0 Å². The predicted molar refractivity (Wildman–Crippen MR) is 62.8 cm³/mol. The minimum Gasteiger partial charge on any atom is -0.366 e. The van der Waals surface area contributed by atoms with E-state index in [1.807, 2.05) is 6.07 Å². The maximum absolute atomic E-state index is 10.6. The summed E-state index contributed by atoms with van der Waals surface area (Å²) >= 11 is 6.12. The lowest BCUT2D eigenvalue weighted by Gasteiger charge is -2.26. The van der Waals surface area contributed by atoms with Crippen molar-refractivity contribution < 1.29 is 4.79 Å². The molecule has 0 bridgehead atoms. The number of anilines is 1. The number of carbonyl (C=O) groups excluding carboxylic acids is 1. The number of hydrogen-bond donors (Lipinski definition) is 0. The van der Waals surface area contributed by atoms with Gasteiger partial charge >= 0.3 is 0 Å². The van der Waals surface area contributed by atoms with E-state index in [9.17, 15) is 4.79 Å². The lowest BCUT2D eigenvalue weighted by molar-refractivity contribution is 0.112. The molecule has 0 unspecified atom stereocenters. The Labute approximate surface area is 94.2 Å². The van der Waals surface area contributed by atoms with Crippen molar-refractivity contribution in [1.29, 1.82) is 0 Å². The average Bonchev–Trinajstić information content (AvgIpc) is 2.30. The highest BCUT2D eigenvalue weighted by atomic mass is 35.5. The van der Waals surface area contributed by atoms with Crippen LogP contribution in [0.25, 0.3) is 0 Å². The van der Waals surface area contributed by atoms with E-state index >= 15 is 0 Å². The van der Waals surface area contributed by atoms with Crippen LogP contribution in [0.2, 0.25) is 5.02 Å². The Kier molecular flexibility index (Phi) is 3.07. The molecule has 0 spiro atoms. The molecule has 0 N–H and O–H groups in total. The zero-order chi connectivity index (χ0) is 10.7. The molecule has 0 saturated heterocycles. The summed E-state index contributed by atoms with van der Waals surface area (Å²) in [5.41, 5.74) is 1.63. The molecule has 78 valence electrons. The molecule has 1 aliphatic rings. The molecule has 0 aromatic heterocycles. The van der Waals surface area contributed by atoms with Gasteiger partial charge in [-0.2, -0.15) is 0 Å². The largest absolute Gasteiger partial charge is 0.366 e. The summed E-state index contributed by atoms with van der Waals surface area (Å²) in [7, 11) is 0. The van der Waals surface area contributed by atoms with Gasteiger partial charge in [0.1, 0.15) is 6.29 Å². The van der Waals surface area contributed by atoms with Crippen molar-refractivity contribution in [3.05, 3.63) is 40.9 Å². The van der Waals surface area contributed by atoms with Gasteiger partial charge in [0, 0.05) is 18.7 Å². The van der Waals surface area contributed by atoms with E-state index in [4.69, 9.17) is 11.6 Å². The summed E-state index contributed by atoms with van der Waals surface area (Å²) < 4.78 is 0. The fraction of sp³-hybridized carbons (Fsp3) is 0.250. The van der Waals surface area contributed by atoms with Crippen LogP contribution < -0.4 is 4.90 Å². The summed E-state index contributed by atoms with van der Waals surface area (Å²) in [6.07, 6.45) is 6.16. The van der Waals surface area contributed by atoms with Crippen molar-refractivity contribution in [2.75, 3.05) is 18.0 Å². The van der Waals surface area contributed by atoms with Crippen LogP contribution in [0.3, 0.4) is 0 Å². The second-order valence-electron chi connectivity index (χ2n) is 3.53. The van der Waals surface area contributed by atoms with Gasteiger partial charge < -0.3 is 4.90 Å². The molecule has 0 saturated carbocycles. The lowest BCUT2D eigenvalue weighted by Crippen LogP contribution is -2.26. The molecule has 1 heterocycles. The fourth-order valence-electron chi connectivity index (χ4n) is 1.71. The molecular formula is C12H12ClNO. The zero-order valence-electron chi connectivity index (χ0n) is 8.32. The smallest absolute Gasteiger partial charge is 0.150 e. The van der Waals surface area contributed by atoms with Crippen LogP contribution in [0.1, 0.15) is 16.8 Å². The van der Waals surface area contributed by atoms with Crippen LogP contribution in [0, 0.1) is 0 Å². The van der Waals surface area contributed by atoms with Gasteiger partial charge in [0.25, 0.3) is 0 Å². The van der Waals surface area contributed by atoms with E-state index in [1.165, 1.54) is 0 Å². The predicted octanol–water partition coefficient (Wildman–Crippen LogP) is 2.92. The quantitative estimate of drug-likeness (QED) is 0.565. The lowest BCUT2D eigenvalue weighted by atomic mass is 10.1. The maximum Gasteiger partial charge on any atom is 0.150 e. The Bertz CT molecular complexity index is 401. The molecule has 0 amide bonds. The molecular weight excluding hydrogens is 210 g/mol. The zero-order valence-corrected chi connectivity index (χ0v) is 9.07. The summed E-state index contributed by atoms with van der Waals surface area (Å²) in [5.74, 6) is 0. The molecule has 2 nitrogen and oxygen atoms in total. The number of nitrogens with zero attached hydrogens (tertiary/aromatic N) is 1. The minimum absolute atomic E-state index is 0.622. The molecule has 15 heavy (non-hydrogen) atoms. The first-order valence-electron chi connectivity index (χ1n) is 4.96. The van der Waals surface area contributed by atoms with Gasteiger partial charge in [-0.05, 0) is 24.6 Å². The normalized spacial score (nSPS) is 15.4. The number of rotatable bonds is 2. The van der Waals surface area contributed by atoms with Crippen molar-refractivity contribution in [2.24, 2.45) is 0 Å². The van der Waals surface area contributed by atoms with Crippen molar-refractivity contribution in [3.63, 3.8) is 0 Å². The molecule has 0 atom stereocenters. The third-order valence-electron chi connectivity index (χ3n) is 2.51. The summed E-state index contributed by atoms with van der Waals surface area (Å²) in [5, 5.41) is 0.648. The molecule has 1 aromatic carbocycles. The standard InChI is InChI=1S/C12H12ClNO/c13-11-8-10(9-15)4-5-12(11)14-6-2-1-3-7-14/h1-2,4-5,8-9H,3,6-7H2. The first kappa shape index (κ1) is 10.2. The maximum atomic E-state index is 10.6. The van der Waals surface area contributed by atoms with Crippen LogP contribution in [-0.2, 0) is 0 Å². The highest BCUT2D eigenvalue weighted by Gasteiger charge is 2.10. The van der Waals surface area contributed by atoms with Crippen molar-refractivity contribution in [3.8, 4) is 0 Å². The van der Waals surface area contributed by atoms with Crippen LogP contribution >= 0.6 is 11.6 Å². The number of benzene rings is 1. The van der Waals surface area contributed by atoms with E-state index in [2.05, 4.69) is 17.1 Å². The SMILES string of the molecule is O=Cc1ccc(N2CC=CCC2)c(Cl)c1. The molecule has 2 rings (SSSR count). The monoisotopic (exact) mass is 221 g/mol. The Morgan fingerprint density at radius 1 is 1.33 bits per heavy atom. The minimum atomic E-state index is 0.622. The second kappa shape index (κ2) is 4.49. The fourth-order valence-corrected chi connectivity index (χ4v) is 2.02. The van der Waals surface area contributed by atoms with Crippen molar-refractivity contribution in [2.45, 2.75) is 6.42 Å². The second-order valence-corrected chi connectivity index (χ2v) is 3.94. The van der Waals surface area contributed by atoms with Gasteiger partial charge in [0.2, 0.25) is 0 Å². The molecule has 0 radical (unpaired) electrons. The Balaban J connectivity index is 2.28. The highest BCUT2D eigenvalue weighted by Crippen LogP contribution is 2.27. The van der Waals surface area contributed by atoms with Gasteiger partial charge in [0.15, 0.2) is 0 Å². The van der Waals surface area contributed by atoms with Gasteiger partial charge in [-0.1, -0.05) is 23.8 Å². The first-order chi connectivity index (χ1) is 7.31. The van der Waals surface area contributed by atoms with E-state index in [1.54, 1.807) is 12.1 Å². The Hall–Kier alpha value is -1.28. The molecule has 1 aromatic rings. The van der Waals surface area contributed by atoms with Crippen LogP contribution in [0.15, 0.2) is 30.4 Å². The van der Waals surface area contributed by atoms with Crippen LogP contribution in [-0.4, -0.2) is 19.4 Å².